The summed E-state index contributed by atoms with van der Waals surface area (Å²) in [5.74, 6) is 0. The topological polar surface area (TPSA) is 6.48 Å². The van der Waals surface area contributed by atoms with Crippen molar-refractivity contribution >= 4 is 57.2 Å². The van der Waals surface area contributed by atoms with Crippen molar-refractivity contribution in [3.05, 3.63) is 172 Å². The number of rotatable bonds is 3. The van der Waals surface area contributed by atoms with Crippen LogP contribution in [0.5, 0.6) is 0 Å². The van der Waals surface area contributed by atoms with E-state index in [0.29, 0.717) is 0 Å². The van der Waals surface area contributed by atoms with Gasteiger partial charge in [-0.25, -0.2) is 0 Å². The molecule has 0 radical (unpaired) electrons. The second-order valence-corrected chi connectivity index (χ2v) is 23.4. The lowest BCUT2D eigenvalue weighted by Gasteiger charge is -2.46. The van der Waals surface area contributed by atoms with Gasteiger partial charge in [0, 0.05) is 39.4 Å². The summed E-state index contributed by atoms with van der Waals surface area (Å²) in [7, 11) is 0. The lowest BCUT2D eigenvalue weighted by molar-refractivity contribution is 0.403. The molecule has 0 saturated carbocycles. The van der Waals surface area contributed by atoms with Crippen LogP contribution in [0, 0.1) is 6.92 Å². The standard InChI is InChI=1S/C61H63BN2/c1-37-26-27-39(38-20-15-14-16-21-38)30-51(37)64-52-35-46-45(59(8,9)36-60(46,10)11)34-48(52)62-47-31-40(57(2,3)4)28-29-49(47)63(53-32-41(58(5,6)7)33-54(64)56(53)62)50-25-19-24-44-55(50)42-22-17-18-23-43(42)61(44,12)13/h14-35H,36H2,1-13H3. The third kappa shape index (κ3) is 5.84. The molecule has 0 amide bonds. The van der Waals surface area contributed by atoms with Crippen LogP contribution in [0.1, 0.15) is 128 Å². The van der Waals surface area contributed by atoms with Gasteiger partial charge < -0.3 is 9.80 Å². The van der Waals surface area contributed by atoms with E-state index in [-0.39, 0.29) is 33.8 Å². The number of anilines is 6. The van der Waals surface area contributed by atoms with Crippen LogP contribution in [0.2, 0.25) is 0 Å². The van der Waals surface area contributed by atoms with Gasteiger partial charge in [0.2, 0.25) is 0 Å². The van der Waals surface area contributed by atoms with Crippen LogP contribution in [-0.4, -0.2) is 6.71 Å². The first-order valence-corrected chi connectivity index (χ1v) is 23.7. The number of benzene rings is 7. The molecule has 0 aromatic heterocycles. The van der Waals surface area contributed by atoms with E-state index < -0.39 is 0 Å². The van der Waals surface area contributed by atoms with E-state index >= 15 is 0 Å². The average molecular weight is 835 g/mol. The Morgan fingerprint density at radius 3 is 1.75 bits per heavy atom. The summed E-state index contributed by atoms with van der Waals surface area (Å²) in [5.41, 5.74) is 26.5. The molecule has 0 spiro atoms. The van der Waals surface area contributed by atoms with Crippen molar-refractivity contribution in [1.29, 1.82) is 0 Å². The number of hydrogen-bond donors (Lipinski definition) is 0. The molecule has 0 saturated heterocycles. The fourth-order valence-electron chi connectivity index (χ4n) is 12.5. The van der Waals surface area contributed by atoms with E-state index in [0.717, 1.165) is 6.42 Å². The smallest absolute Gasteiger partial charge is 0.252 e. The summed E-state index contributed by atoms with van der Waals surface area (Å²) in [6.45, 7) is 31.3. The minimum atomic E-state index is -0.121. The maximum Gasteiger partial charge on any atom is 0.252 e. The van der Waals surface area contributed by atoms with Gasteiger partial charge in [-0.1, -0.05) is 180 Å². The summed E-state index contributed by atoms with van der Waals surface area (Å²) < 4.78 is 0. The molecule has 2 heterocycles. The van der Waals surface area contributed by atoms with Gasteiger partial charge in [-0.2, -0.15) is 0 Å². The maximum atomic E-state index is 2.69. The zero-order valence-corrected chi connectivity index (χ0v) is 40.4. The SMILES string of the molecule is Cc1ccc(-c2ccccc2)cc1N1c2cc3c(cc2B2c4cc(C(C)(C)C)ccc4N(c4cccc5c4-c4ccccc4C5(C)C)c4cc(C(C)(C)C)cc1c42)C(C)(C)CC3(C)C. The van der Waals surface area contributed by atoms with Crippen molar-refractivity contribution in [2.75, 3.05) is 9.80 Å². The summed E-state index contributed by atoms with van der Waals surface area (Å²) >= 11 is 0. The lowest BCUT2D eigenvalue weighted by atomic mass is 9.33. The number of aryl methyl sites for hydroxylation is 1. The van der Waals surface area contributed by atoms with E-state index in [1.807, 2.05) is 0 Å². The second kappa shape index (κ2) is 13.4. The van der Waals surface area contributed by atoms with E-state index in [1.165, 1.54) is 112 Å². The first-order valence-electron chi connectivity index (χ1n) is 23.7. The molecule has 3 heteroatoms. The van der Waals surface area contributed by atoms with E-state index in [1.54, 1.807) is 0 Å². The summed E-state index contributed by atoms with van der Waals surface area (Å²) in [6.07, 6.45) is 1.12. The van der Waals surface area contributed by atoms with Crippen LogP contribution in [0.4, 0.5) is 34.1 Å². The molecule has 0 bridgehead atoms. The Hall–Kier alpha value is -5.80. The van der Waals surface area contributed by atoms with E-state index in [9.17, 15) is 0 Å². The van der Waals surface area contributed by atoms with Crippen LogP contribution >= 0.6 is 0 Å². The fourth-order valence-corrected chi connectivity index (χ4v) is 12.5. The Kier molecular flexibility index (Phi) is 8.56. The molecule has 2 aliphatic heterocycles. The zero-order valence-electron chi connectivity index (χ0n) is 40.4. The van der Waals surface area contributed by atoms with Crippen molar-refractivity contribution in [3.63, 3.8) is 0 Å². The molecule has 2 nitrogen and oxygen atoms in total. The number of fused-ring (bicyclic) bond motifs is 8. The van der Waals surface area contributed by atoms with Crippen LogP contribution in [0.15, 0.2) is 133 Å². The third-order valence-corrected chi connectivity index (χ3v) is 15.7. The molecule has 11 rings (SSSR count). The monoisotopic (exact) mass is 835 g/mol. The first-order chi connectivity index (χ1) is 30.2. The van der Waals surface area contributed by atoms with Crippen molar-refractivity contribution in [2.45, 2.75) is 124 Å². The highest BCUT2D eigenvalue weighted by atomic mass is 15.2. The average Bonchev–Trinajstić information content (AvgIpc) is 3.59. The van der Waals surface area contributed by atoms with Crippen LogP contribution in [0.25, 0.3) is 22.3 Å². The van der Waals surface area contributed by atoms with Crippen molar-refractivity contribution in [2.24, 2.45) is 0 Å². The summed E-state index contributed by atoms with van der Waals surface area (Å²) in [5, 5.41) is 0. The molecule has 4 aliphatic rings. The molecule has 7 aromatic carbocycles. The molecule has 0 unspecified atom stereocenters. The normalized spacial score (nSPS) is 17.0. The third-order valence-electron chi connectivity index (χ3n) is 15.7. The Balaban J connectivity index is 1.30. The lowest BCUT2D eigenvalue weighted by Crippen LogP contribution is -2.62. The van der Waals surface area contributed by atoms with Crippen LogP contribution in [0.3, 0.4) is 0 Å². The quantitative estimate of drug-likeness (QED) is 0.164. The van der Waals surface area contributed by atoms with Gasteiger partial charge >= 0.3 is 0 Å². The first kappa shape index (κ1) is 40.9. The highest BCUT2D eigenvalue weighted by Crippen LogP contribution is 2.57. The Bertz CT molecular complexity index is 3100. The van der Waals surface area contributed by atoms with Crippen molar-refractivity contribution in [3.8, 4) is 22.3 Å². The number of hydrogen-bond acceptors (Lipinski definition) is 2. The van der Waals surface area contributed by atoms with Crippen molar-refractivity contribution < 1.29 is 0 Å². The minimum absolute atomic E-state index is 0.0293. The Morgan fingerprint density at radius 2 is 1.06 bits per heavy atom. The molecule has 320 valence electrons. The minimum Gasteiger partial charge on any atom is -0.311 e. The maximum absolute atomic E-state index is 2.69. The van der Waals surface area contributed by atoms with Crippen molar-refractivity contribution in [1.82, 2.24) is 0 Å². The fraction of sp³-hybridized carbons (Fsp3) is 0.311. The molecular formula is C61H63BN2. The van der Waals surface area contributed by atoms with Gasteiger partial charge in [0.1, 0.15) is 0 Å². The van der Waals surface area contributed by atoms with Gasteiger partial charge in [0.25, 0.3) is 6.71 Å². The van der Waals surface area contributed by atoms with Gasteiger partial charge in [-0.3, -0.25) is 0 Å². The Morgan fingerprint density at radius 1 is 0.453 bits per heavy atom. The van der Waals surface area contributed by atoms with Gasteiger partial charge in [0.05, 0.1) is 5.69 Å². The highest BCUT2D eigenvalue weighted by molar-refractivity contribution is 7.00. The summed E-state index contributed by atoms with van der Waals surface area (Å²) in [6, 6.07) is 52.1. The molecular weight excluding hydrogens is 771 g/mol. The van der Waals surface area contributed by atoms with Crippen LogP contribution in [-0.2, 0) is 27.1 Å². The predicted molar refractivity (Wildman–Crippen MR) is 276 cm³/mol. The Labute approximate surface area is 383 Å². The van der Waals surface area contributed by atoms with E-state index in [2.05, 4.69) is 233 Å². The zero-order chi connectivity index (χ0) is 45.0. The molecule has 0 fully saturated rings. The van der Waals surface area contributed by atoms with Gasteiger partial charge in [-0.05, 0) is 143 Å². The predicted octanol–water partition coefficient (Wildman–Crippen LogP) is 14.6. The summed E-state index contributed by atoms with van der Waals surface area (Å²) in [4.78, 5) is 5.37. The van der Waals surface area contributed by atoms with Gasteiger partial charge in [0.15, 0.2) is 0 Å². The highest BCUT2D eigenvalue weighted by Gasteiger charge is 2.49. The van der Waals surface area contributed by atoms with E-state index in [4.69, 9.17) is 0 Å². The molecule has 2 aliphatic carbocycles. The second-order valence-electron chi connectivity index (χ2n) is 23.4. The molecule has 0 atom stereocenters. The van der Waals surface area contributed by atoms with Gasteiger partial charge in [-0.15, -0.1) is 0 Å². The van der Waals surface area contributed by atoms with Crippen LogP contribution < -0.4 is 26.2 Å². The molecule has 7 aromatic rings. The molecule has 64 heavy (non-hydrogen) atoms. The largest absolute Gasteiger partial charge is 0.311 e. The number of nitrogens with zero attached hydrogens (tertiary/aromatic N) is 2. The molecule has 0 N–H and O–H groups in total.